The van der Waals surface area contributed by atoms with Gasteiger partial charge in [0, 0.05) is 21.2 Å². The van der Waals surface area contributed by atoms with Gasteiger partial charge in [0.25, 0.3) is 0 Å². The van der Waals surface area contributed by atoms with Crippen molar-refractivity contribution < 1.29 is 17.6 Å². The third-order valence-electron chi connectivity index (χ3n) is 8.00. The molecule has 204 valence electrons. The van der Waals surface area contributed by atoms with Gasteiger partial charge in [-0.3, -0.25) is 4.90 Å². The standard InChI is InChI=1S/C30H34BrF4N3/c1-2-3-4-5-6-7-8-15-38-16-9-10-27(38)28-36-19-26(37-28)20-11-13-22-23-14-12-21(31)18-25(23)30(34,35)29(32,33)24(22)17-20/h11-14,17-19,27H,2-10,15-16H2,1H3,(H,36,37). The SMILES string of the molecule is CCCCCCCCCN1CCCC1c1ncc(-c2ccc3c(c2)C(F)(F)C(F)(F)c2cc(Br)ccc2-3)[nH]1. The van der Waals surface area contributed by atoms with Crippen LogP contribution in [0.25, 0.3) is 22.4 Å². The molecule has 2 aliphatic rings. The second-order valence-electron chi connectivity index (χ2n) is 10.6. The molecule has 1 aliphatic carbocycles. The monoisotopic (exact) mass is 591 g/mol. The van der Waals surface area contributed by atoms with E-state index in [1.54, 1.807) is 18.3 Å². The fourth-order valence-electron chi connectivity index (χ4n) is 5.88. The van der Waals surface area contributed by atoms with Crippen molar-refractivity contribution in [1.29, 1.82) is 0 Å². The lowest BCUT2D eigenvalue weighted by atomic mass is 9.80. The average molecular weight is 593 g/mol. The predicted molar refractivity (Wildman–Crippen MR) is 146 cm³/mol. The highest BCUT2D eigenvalue weighted by Gasteiger charge is 2.62. The summed E-state index contributed by atoms with van der Waals surface area (Å²) in [5, 5.41) is 0. The maximum atomic E-state index is 15.2. The Labute approximate surface area is 230 Å². The molecule has 2 heterocycles. The zero-order valence-electron chi connectivity index (χ0n) is 21.7. The van der Waals surface area contributed by atoms with Crippen LogP contribution in [0.15, 0.2) is 47.1 Å². The van der Waals surface area contributed by atoms with Crippen LogP contribution < -0.4 is 0 Å². The van der Waals surface area contributed by atoms with Gasteiger partial charge in [-0.25, -0.2) is 4.98 Å². The minimum atomic E-state index is -4.34. The summed E-state index contributed by atoms with van der Waals surface area (Å²) >= 11 is 3.13. The predicted octanol–water partition coefficient (Wildman–Crippen LogP) is 9.59. The van der Waals surface area contributed by atoms with Crippen LogP contribution in [0.5, 0.6) is 0 Å². The Morgan fingerprint density at radius 2 is 1.58 bits per heavy atom. The molecule has 1 N–H and O–H groups in total. The van der Waals surface area contributed by atoms with Crippen molar-refractivity contribution in [2.45, 2.75) is 82.6 Å². The topological polar surface area (TPSA) is 31.9 Å². The Bertz CT molecular complexity index is 1270. The van der Waals surface area contributed by atoms with Crippen molar-refractivity contribution in [2.24, 2.45) is 0 Å². The number of halogens is 5. The summed E-state index contributed by atoms with van der Waals surface area (Å²) in [6.45, 7) is 4.27. The quantitative estimate of drug-likeness (QED) is 0.188. The summed E-state index contributed by atoms with van der Waals surface area (Å²) in [5.74, 6) is -7.85. The summed E-state index contributed by atoms with van der Waals surface area (Å²) in [6, 6.07) is 8.72. The van der Waals surface area contributed by atoms with Gasteiger partial charge in [0.1, 0.15) is 5.82 Å². The number of aromatic nitrogens is 2. The number of fused-ring (bicyclic) bond motifs is 3. The van der Waals surface area contributed by atoms with E-state index < -0.39 is 23.0 Å². The number of likely N-dealkylation sites (tertiary alicyclic amines) is 1. The molecule has 0 amide bonds. The summed E-state index contributed by atoms with van der Waals surface area (Å²) in [7, 11) is 0. The molecule has 1 fully saturated rings. The van der Waals surface area contributed by atoms with E-state index in [2.05, 4.69) is 37.7 Å². The number of unbranched alkanes of at least 4 members (excludes halogenated alkanes) is 6. The van der Waals surface area contributed by atoms with Gasteiger partial charge in [-0.05, 0) is 61.7 Å². The van der Waals surface area contributed by atoms with E-state index in [-0.39, 0.29) is 17.2 Å². The second-order valence-corrected chi connectivity index (χ2v) is 11.5. The van der Waals surface area contributed by atoms with Crippen molar-refractivity contribution in [3.05, 3.63) is 64.0 Å². The number of benzene rings is 2. The highest BCUT2D eigenvalue weighted by atomic mass is 79.9. The number of aromatic amines is 1. The number of rotatable bonds is 10. The molecule has 1 unspecified atom stereocenters. The molecule has 0 radical (unpaired) electrons. The minimum absolute atomic E-state index is 0.128. The lowest BCUT2D eigenvalue weighted by Gasteiger charge is -2.35. The van der Waals surface area contributed by atoms with Crippen LogP contribution in [0.4, 0.5) is 17.6 Å². The Morgan fingerprint density at radius 1 is 0.921 bits per heavy atom. The summed E-state index contributed by atoms with van der Waals surface area (Å²) in [5.41, 5.74) is -0.0800. The molecule has 3 nitrogen and oxygen atoms in total. The van der Waals surface area contributed by atoms with Crippen molar-refractivity contribution in [2.75, 3.05) is 13.1 Å². The Morgan fingerprint density at radius 3 is 2.32 bits per heavy atom. The fourth-order valence-corrected chi connectivity index (χ4v) is 6.24. The van der Waals surface area contributed by atoms with Gasteiger partial charge >= 0.3 is 11.8 Å². The molecule has 5 rings (SSSR count). The van der Waals surface area contributed by atoms with E-state index in [0.717, 1.165) is 44.2 Å². The van der Waals surface area contributed by atoms with Gasteiger partial charge in [0.2, 0.25) is 0 Å². The molecule has 0 bridgehead atoms. The molecule has 1 atom stereocenters. The maximum absolute atomic E-state index is 15.2. The van der Waals surface area contributed by atoms with E-state index in [4.69, 9.17) is 0 Å². The molecule has 1 aromatic heterocycles. The van der Waals surface area contributed by atoms with E-state index in [1.807, 2.05) is 0 Å². The van der Waals surface area contributed by atoms with Gasteiger partial charge in [-0.2, -0.15) is 17.6 Å². The first-order valence-corrected chi connectivity index (χ1v) is 14.5. The Balaban J connectivity index is 1.34. The summed E-state index contributed by atoms with van der Waals surface area (Å²) < 4.78 is 60.8. The molecule has 0 spiro atoms. The van der Waals surface area contributed by atoms with Crippen molar-refractivity contribution in [3.63, 3.8) is 0 Å². The van der Waals surface area contributed by atoms with Gasteiger partial charge in [0.05, 0.1) is 17.9 Å². The van der Waals surface area contributed by atoms with Crippen LogP contribution in [-0.4, -0.2) is 28.0 Å². The first kappa shape index (κ1) is 27.4. The summed E-state index contributed by atoms with van der Waals surface area (Å²) in [4.78, 5) is 10.4. The van der Waals surface area contributed by atoms with Gasteiger partial charge in [-0.15, -0.1) is 0 Å². The molecule has 3 aromatic rings. The molecule has 1 aliphatic heterocycles. The highest BCUT2D eigenvalue weighted by Crippen LogP contribution is 2.58. The smallest absolute Gasteiger partial charge is 0.340 e. The molecular formula is C30H34BrF4N3. The number of nitrogens with one attached hydrogen (secondary N) is 1. The van der Waals surface area contributed by atoms with Crippen LogP contribution in [0.3, 0.4) is 0 Å². The number of nitrogens with zero attached hydrogens (tertiary/aromatic N) is 2. The highest BCUT2D eigenvalue weighted by molar-refractivity contribution is 9.10. The number of imidazole rings is 1. The van der Waals surface area contributed by atoms with Crippen molar-refractivity contribution >= 4 is 15.9 Å². The normalized spacial score (nSPS) is 19.9. The van der Waals surface area contributed by atoms with E-state index >= 15 is 17.6 Å². The zero-order valence-corrected chi connectivity index (χ0v) is 23.3. The Kier molecular flexibility index (Phi) is 8.01. The third kappa shape index (κ3) is 5.06. The lowest BCUT2D eigenvalue weighted by molar-refractivity contribution is -0.225. The second kappa shape index (κ2) is 11.1. The molecule has 8 heteroatoms. The number of alkyl halides is 4. The van der Waals surface area contributed by atoms with Gasteiger partial charge in [0.15, 0.2) is 0 Å². The van der Waals surface area contributed by atoms with E-state index in [0.29, 0.717) is 15.7 Å². The first-order chi connectivity index (χ1) is 18.2. The molecular weight excluding hydrogens is 558 g/mol. The lowest BCUT2D eigenvalue weighted by Crippen LogP contribution is -2.39. The van der Waals surface area contributed by atoms with Gasteiger partial charge in [-0.1, -0.05) is 79.6 Å². The molecule has 38 heavy (non-hydrogen) atoms. The molecule has 0 saturated carbocycles. The maximum Gasteiger partial charge on any atom is 0.340 e. The fraction of sp³-hybridized carbons (Fsp3) is 0.500. The van der Waals surface area contributed by atoms with Crippen molar-refractivity contribution in [1.82, 2.24) is 14.9 Å². The van der Waals surface area contributed by atoms with Crippen LogP contribution >= 0.6 is 15.9 Å². The molecule has 2 aromatic carbocycles. The largest absolute Gasteiger partial charge is 0.341 e. The van der Waals surface area contributed by atoms with Crippen LogP contribution in [0.1, 0.15) is 87.7 Å². The van der Waals surface area contributed by atoms with Gasteiger partial charge < -0.3 is 4.98 Å². The van der Waals surface area contributed by atoms with Crippen LogP contribution in [0.2, 0.25) is 0 Å². The number of H-pyrrole nitrogens is 1. The third-order valence-corrected chi connectivity index (χ3v) is 8.49. The number of hydrogen-bond acceptors (Lipinski definition) is 2. The number of hydrogen-bond donors (Lipinski definition) is 1. The minimum Gasteiger partial charge on any atom is -0.341 e. The first-order valence-electron chi connectivity index (χ1n) is 13.7. The van der Waals surface area contributed by atoms with Crippen molar-refractivity contribution in [3.8, 4) is 22.4 Å². The Hall–Kier alpha value is -2.19. The van der Waals surface area contributed by atoms with Crippen LogP contribution in [-0.2, 0) is 11.8 Å². The zero-order chi connectivity index (χ0) is 26.9. The van der Waals surface area contributed by atoms with E-state index in [1.165, 1.54) is 56.7 Å². The van der Waals surface area contributed by atoms with E-state index in [9.17, 15) is 0 Å². The van der Waals surface area contributed by atoms with Crippen LogP contribution in [0, 0.1) is 0 Å². The summed E-state index contributed by atoms with van der Waals surface area (Å²) in [6.07, 6.45) is 12.5. The average Bonchev–Trinajstić information content (AvgIpc) is 3.57. The molecule has 1 saturated heterocycles.